The first kappa shape index (κ1) is 23.3. The molecule has 0 N–H and O–H groups in total. The zero-order chi connectivity index (χ0) is 23.4. The maximum Gasteiger partial charge on any atom is 0.332 e. The van der Waals surface area contributed by atoms with Gasteiger partial charge in [0.2, 0.25) is 0 Å². The van der Waals surface area contributed by atoms with Crippen LogP contribution in [-0.2, 0) is 24.1 Å². The first-order chi connectivity index (χ1) is 15.9. The van der Waals surface area contributed by atoms with Gasteiger partial charge >= 0.3 is 5.69 Å². The summed E-state index contributed by atoms with van der Waals surface area (Å²) >= 11 is 0. The van der Waals surface area contributed by atoms with Crippen LogP contribution < -0.4 is 10.6 Å². The molecule has 1 aliphatic rings. The number of aromatic nitrogens is 3. The fourth-order valence-corrected chi connectivity index (χ4v) is 4.29. The molecule has 0 unspecified atom stereocenters. The molecule has 33 heavy (non-hydrogen) atoms. The molecule has 3 aromatic rings. The van der Waals surface area contributed by atoms with Gasteiger partial charge in [-0.05, 0) is 56.6 Å². The van der Waals surface area contributed by atoms with E-state index in [0.717, 1.165) is 50.5 Å². The SMILES string of the molecule is COC(C)(C)Cc1ccc(-n2ccn(CCc3cccnc3N3CCN(C)CC3)c2=O)cc1. The van der Waals surface area contributed by atoms with E-state index >= 15 is 0 Å². The van der Waals surface area contributed by atoms with Crippen LogP contribution in [0, 0.1) is 0 Å². The summed E-state index contributed by atoms with van der Waals surface area (Å²) in [5.41, 5.74) is 3.01. The van der Waals surface area contributed by atoms with Crippen LogP contribution in [0.1, 0.15) is 25.0 Å². The van der Waals surface area contributed by atoms with E-state index in [1.807, 2.05) is 36.8 Å². The second-order valence-electron chi connectivity index (χ2n) is 9.48. The van der Waals surface area contributed by atoms with Gasteiger partial charge in [0, 0.05) is 64.8 Å². The minimum absolute atomic E-state index is 0.0231. The minimum atomic E-state index is -0.211. The van der Waals surface area contributed by atoms with Gasteiger partial charge in [-0.25, -0.2) is 9.78 Å². The topological polar surface area (TPSA) is 55.5 Å². The lowest BCUT2D eigenvalue weighted by Gasteiger charge is -2.34. The van der Waals surface area contributed by atoms with Crippen molar-refractivity contribution in [2.45, 2.75) is 38.8 Å². The molecule has 7 nitrogen and oxygen atoms in total. The minimum Gasteiger partial charge on any atom is -0.378 e. The fraction of sp³-hybridized carbons (Fsp3) is 0.462. The van der Waals surface area contributed by atoms with Crippen LogP contribution in [-0.4, -0.2) is 65.0 Å². The number of benzene rings is 1. The van der Waals surface area contributed by atoms with Crippen molar-refractivity contribution in [1.29, 1.82) is 0 Å². The van der Waals surface area contributed by atoms with Crippen molar-refractivity contribution in [1.82, 2.24) is 19.0 Å². The Kier molecular flexibility index (Phi) is 7.00. The lowest BCUT2D eigenvalue weighted by atomic mass is 9.98. The van der Waals surface area contributed by atoms with Gasteiger partial charge in [0.05, 0.1) is 11.3 Å². The molecule has 0 bridgehead atoms. The number of hydrogen-bond donors (Lipinski definition) is 0. The predicted molar refractivity (Wildman–Crippen MR) is 132 cm³/mol. The second kappa shape index (κ2) is 9.93. The van der Waals surface area contributed by atoms with Crippen LogP contribution in [0.2, 0.25) is 0 Å². The van der Waals surface area contributed by atoms with E-state index < -0.39 is 0 Å². The lowest BCUT2D eigenvalue weighted by Crippen LogP contribution is -2.45. The molecule has 4 rings (SSSR count). The van der Waals surface area contributed by atoms with E-state index in [9.17, 15) is 4.79 Å². The van der Waals surface area contributed by atoms with Crippen LogP contribution in [0.25, 0.3) is 5.69 Å². The van der Waals surface area contributed by atoms with Crippen LogP contribution in [0.15, 0.2) is 59.8 Å². The van der Waals surface area contributed by atoms with Crippen LogP contribution in [0.3, 0.4) is 0 Å². The van der Waals surface area contributed by atoms with Gasteiger partial charge in [-0.15, -0.1) is 0 Å². The largest absolute Gasteiger partial charge is 0.378 e. The van der Waals surface area contributed by atoms with E-state index in [4.69, 9.17) is 4.74 Å². The molecular formula is C26H35N5O2. The summed E-state index contributed by atoms with van der Waals surface area (Å²) in [6, 6.07) is 12.2. The fourth-order valence-electron chi connectivity index (χ4n) is 4.29. The number of nitrogens with zero attached hydrogens (tertiary/aromatic N) is 5. The number of methoxy groups -OCH3 is 1. The summed E-state index contributed by atoms with van der Waals surface area (Å²) in [5.74, 6) is 1.05. The van der Waals surface area contributed by atoms with Crippen molar-refractivity contribution in [3.8, 4) is 5.69 Å². The maximum absolute atomic E-state index is 13.0. The Morgan fingerprint density at radius 2 is 1.76 bits per heavy atom. The van der Waals surface area contributed by atoms with E-state index in [2.05, 4.69) is 53.9 Å². The summed E-state index contributed by atoms with van der Waals surface area (Å²) < 4.78 is 9.01. The first-order valence-electron chi connectivity index (χ1n) is 11.7. The van der Waals surface area contributed by atoms with Gasteiger partial charge in [0.25, 0.3) is 0 Å². The average Bonchev–Trinajstić information content (AvgIpc) is 3.19. The maximum atomic E-state index is 13.0. The Hall–Kier alpha value is -2.90. The Morgan fingerprint density at radius 1 is 1.03 bits per heavy atom. The summed E-state index contributed by atoms with van der Waals surface area (Å²) in [4.78, 5) is 22.4. The number of rotatable bonds is 8. The van der Waals surface area contributed by atoms with E-state index in [1.165, 1.54) is 11.1 Å². The highest BCUT2D eigenvalue weighted by molar-refractivity contribution is 5.47. The highest BCUT2D eigenvalue weighted by Crippen LogP contribution is 2.20. The second-order valence-corrected chi connectivity index (χ2v) is 9.48. The molecule has 176 valence electrons. The third-order valence-electron chi connectivity index (χ3n) is 6.54. The molecule has 1 aliphatic heterocycles. The van der Waals surface area contributed by atoms with E-state index in [1.54, 1.807) is 16.2 Å². The first-order valence-corrected chi connectivity index (χ1v) is 11.7. The normalized spacial score (nSPS) is 15.2. The molecule has 1 saturated heterocycles. The van der Waals surface area contributed by atoms with Crippen molar-refractivity contribution >= 4 is 5.82 Å². The van der Waals surface area contributed by atoms with Gasteiger partial charge in [0.1, 0.15) is 5.82 Å². The molecule has 0 amide bonds. The highest BCUT2D eigenvalue weighted by atomic mass is 16.5. The number of anilines is 1. The molecule has 0 radical (unpaired) electrons. The molecule has 1 fully saturated rings. The van der Waals surface area contributed by atoms with Gasteiger partial charge in [-0.1, -0.05) is 18.2 Å². The van der Waals surface area contributed by atoms with Crippen molar-refractivity contribution in [2.24, 2.45) is 0 Å². The number of likely N-dealkylation sites (N-methyl/N-ethyl adjacent to an activating group) is 1. The molecule has 7 heteroatoms. The Balaban J connectivity index is 1.45. The van der Waals surface area contributed by atoms with E-state index in [-0.39, 0.29) is 11.3 Å². The number of aryl methyl sites for hydroxylation is 2. The summed E-state index contributed by atoms with van der Waals surface area (Å²) in [5, 5.41) is 0. The molecule has 2 aromatic heterocycles. The smallest absolute Gasteiger partial charge is 0.332 e. The zero-order valence-electron chi connectivity index (χ0n) is 20.2. The summed E-state index contributed by atoms with van der Waals surface area (Å²) in [7, 11) is 3.89. The quantitative estimate of drug-likeness (QED) is 0.529. The van der Waals surface area contributed by atoms with Gasteiger partial charge < -0.3 is 14.5 Å². The van der Waals surface area contributed by atoms with Crippen molar-refractivity contribution < 1.29 is 4.74 Å². The van der Waals surface area contributed by atoms with Crippen molar-refractivity contribution in [3.05, 3.63) is 76.6 Å². The average molecular weight is 450 g/mol. The summed E-state index contributed by atoms with van der Waals surface area (Å²) in [6.07, 6.45) is 7.17. The number of piperazine rings is 1. The van der Waals surface area contributed by atoms with Crippen LogP contribution in [0.4, 0.5) is 5.82 Å². The monoisotopic (exact) mass is 449 g/mol. The van der Waals surface area contributed by atoms with Crippen molar-refractivity contribution in [3.63, 3.8) is 0 Å². The van der Waals surface area contributed by atoms with Crippen molar-refractivity contribution in [2.75, 3.05) is 45.2 Å². The molecule has 0 saturated carbocycles. The number of hydrogen-bond acceptors (Lipinski definition) is 5. The number of imidazole rings is 1. The molecule has 1 aromatic carbocycles. The Labute approximate surface area is 196 Å². The van der Waals surface area contributed by atoms with Gasteiger partial charge in [-0.3, -0.25) is 9.13 Å². The van der Waals surface area contributed by atoms with Crippen LogP contribution in [0.5, 0.6) is 0 Å². The third-order valence-corrected chi connectivity index (χ3v) is 6.54. The molecule has 0 aliphatic carbocycles. The standard InChI is InChI=1S/C26H35N5O2/c1-26(2,33-4)20-21-7-9-23(10-8-21)31-19-18-30(25(31)32)13-11-22-6-5-12-27-24(22)29-16-14-28(3)15-17-29/h5-10,12,18-19H,11,13-17,20H2,1-4H3. The van der Waals surface area contributed by atoms with Gasteiger partial charge in [0.15, 0.2) is 0 Å². The van der Waals surface area contributed by atoms with Gasteiger partial charge in [-0.2, -0.15) is 0 Å². The Morgan fingerprint density at radius 3 is 2.45 bits per heavy atom. The van der Waals surface area contributed by atoms with E-state index in [0.29, 0.717) is 6.54 Å². The zero-order valence-corrected chi connectivity index (χ0v) is 20.2. The Bertz CT molecular complexity index is 1110. The molecule has 0 atom stereocenters. The van der Waals surface area contributed by atoms with Crippen LogP contribution >= 0.6 is 0 Å². The highest BCUT2D eigenvalue weighted by Gasteiger charge is 2.19. The number of pyridine rings is 1. The molecular weight excluding hydrogens is 414 g/mol. The lowest BCUT2D eigenvalue weighted by molar-refractivity contribution is 0.0232. The number of ether oxygens (including phenoxy) is 1. The molecule has 3 heterocycles. The third kappa shape index (κ3) is 5.54. The predicted octanol–water partition coefficient (Wildman–Crippen LogP) is 3.00. The summed E-state index contributed by atoms with van der Waals surface area (Å²) in [6.45, 7) is 8.81. The molecule has 0 spiro atoms.